The van der Waals surface area contributed by atoms with Gasteiger partial charge in [-0.05, 0) is 24.3 Å². The van der Waals surface area contributed by atoms with Crippen LogP contribution in [0.3, 0.4) is 0 Å². The van der Waals surface area contributed by atoms with Crippen LogP contribution in [0.1, 0.15) is 5.69 Å². The van der Waals surface area contributed by atoms with Crippen LogP contribution in [0.4, 0.5) is 10.2 Å². The Morgan fingerprint density at radius 2 is 2.00 bits per heavy atom. The smallest absolute Gasteiger partial charge is 0.183 e. The van der Waals surface area contributed by atoms with E-state index in [2.05, 4.69) is 4.98 Å². The number of nitrogens with zero attached hydrogens (tertiary/aromatic N) is 3. The highest BCUT2D eigenvalue weighted by Crippen LogP contribution is 2.22. The van der Waals surface area contributed by atoms with Crippen LogP contribution in [0.5, 0.6) is 0 Å². The molecule has 1 aromatic carbocycles. The minimum Gasteiger partial charge on any atom is -0.383 e. The van der Waals surface area contributed by atoms with Gasteiger partial charge in [-0.25, -0.2) is 9.37 Å². The number of anilines is 1. The van der Waals surface area contributed by atoms with Gasteiger partial charge in [-0.3, -0.25) is 0 Å². The van der Waals surface area contributed by atoms with Gasteiger partial charge in [0.1, 0.15) is 23.5 Å². The van der Waals surface area contributed by atoms with Crippen molar-refractivity contribution in [1.82, 2.24) is 9.55 Å². The Hall–Kier alpha value is -2.35. The SMILES string of the molecule is Cn1c(-c2ccc(F)cc2)nc(C#N)c1N. The van der Waals surface area contributed by atoms with E-state index in [0.29, 0.717) is 11.6 Å². The largest absolute Gasteiger partial charge is 0.383 e. The average molecular weight is 216 g/mol. The third-order valence-corrected chi connectivity index (χ3v) is 2.35. The summed E-state index contributed by atoms with van der Waals surface area (Å²) in [5.41, 5.74) is 6.59. The third-order valence-electron chi connectivity index (χ3n) is 2.35. The van der Waals surface area contributed by atoms with Crippen LogP contribution in [0.25, 0.3) is 11.4 Å². The van der Waals surface area contributed by atoms with Crippen molar-refractivity contribution in [3.63, 3.8) is 0 Å². The van der Waals surface area contributed by atoms with Gasteiger partial charge >= 0.3 is 0 Å². The van der Waals surface area contributed by atoms with Crippen LogP contribution in [-0.4, -0.2) is 9.55 Å². The number of imidazole rings is 1. The van der Waals surface area contributed by atoms with Crippen molar-refractivity contribution in [2.45, 2.75) is 0 Å². The second-order valence-electron chi connectivity index (χ2n) is 3.35. The fraction of sp³-hybridized carbons (Fsp3) is 0.0909. The lowest BCUT2D eigenvalue weighted by Crippen LogP contribution is -1.98. The van der Waals surface area contributed by atoms with Crippen LogP contribution in [0.2, 0.25) is 0 Å². The average Bonchev–Trinajstić information content (AvgIpc) is 2.57. The number of nitrogens with two attached hydrogens (primary N) is 1. The molecule has 0 unspecified atom stereocenters. The normalized spacial score (nSPS) is 10.1. The van der Waals surface area contributed by atoms with Gasteiger partial charge < -0.3 is 10.3 Å². The number of rotatable bonds is 1. The molecule has 0 saturated carbocycles. The van der Waals surface area contributed by atoms with Crippen molar-refractivity contribution >= 4 is 5.82 Å². The zero-order valence-corrected chi connectivity index (χ0v) is 8.61. The van der Waals surface area contributed by atoms with E-state index in [1.165, 1.54) is 12.1 Å². The van der Waals surface area contributed by atoms with Crippen LogP contribution in [-0.2, 0) is 7.05 Å². The zero-order chi connectivity index (χ0) is 11.7. The van der Waals surface area contributed by atoms with E-state index in [1.54, 1.807) is 23.7 Å². The molecule has 0 spiro atoms. The number of benzene rings is 1. The molecule has 0 atom stereocenters. The molecule has 80 valence electrons. The van der Waals surface area contributed by atoms with Gasteiger partial charge in [0.05, 0.1) is 0 Å². The van der Waals surface area contributed by atoms with E-state index in [4.69, 9.17) is 11.0 Å². The van der Waals surface area contributed by atoms with Crippen molar-refractivity contribution < 1.29 is 4.39 Å². The molecule has 4 nitrogen and oxygen atoms in total. The summed E-state index contributed by atoms with van der Waals surface area (Å²) in [6, 6.07) is 7.78. The number of hydrogen-bond donors (Lipinski definition) is 1. The summed E-state index contributed by atoms with van der Waals surface area (Å²) in [6.45, 7) is 0. The van der Waals surface area contributed by atoms with Crippen LogP contribution in [0.15, 0.2) is 24.3 Å². The van der Waals surface area contributed by atoms with Crippen LogP contribution < -0.4 is 5.73 Å². The molecular formula is C11H9FN4. The predicted octanol–water partition coefficient (Wildman–Crippen LogP) is 1.68. The molecule has 0 fully saturated rings. The molecule has 2 N–H and O–H groups in total. The standard InChI is InChI=1S/C11H9FN4/c1-16-10(14)9(6-13)15-11(16)7-2-4-8(12)5-3-7/h2-5H,14H2,1H3. The van der Waals surface area contributed by atoms with Crippen molar-refractivity contribution in [2.24, 2.45) is 7.05 Å². The molecule has 0 aliphatic heterocycles. The van der Waals surface area contributed by atoms with Crippen LogP contribution >= 0.6 is 0 Å². The minimum atomic E-state index is -0.313. The summed E-state index contributed by atoms with van der Waals surface area (Å²) in [4.78, 5) is 4.08. The first kappa shape index (κ1) is 10.2. The Morgan fingerprint density at radius 3 is 2.50 bits per heavy atom. The van der Waals surface area contributed by atoms with E-state index < -0.39 is 0 Å². The third kappa shape index (κ3) is 1.50. The van der Waals surface area contributed by atoms with Gasteiger partial charge in [0, 0.05) is 12.6 Å². The first-order chi connectivity index (χ1) is 7.63. The maximum atomic E-state index is 12.7. The summed E-state index contributed by atoms with van der Waals surface area (Å²) in [5, 5.41) is 8.78. The Morgan fingerprint density at radius 1 is 1.38 bits per heavy atom. The summed E-state index contributed by atoms with van der Waals surface area (Å²) in [6.07, 6.45) is 0. The Bertz CT molecular complexity index is 563. The Balaban J connectivity index is 2.57. The molecule has 1 heterocycles. The highest BCUT2D eigenvalue weighted by molar-refractivity contribution is 5.62. The maximum Gasteiger partial charge on any atom is 0.183 e. The topological polar surface area (TPSA) is 67.6 Å². The summed E-state index contributed by atoms with van der Waals surface area (Å²) in [7, 11) is 1.71. The predicted molar refractivity (Wildman–Crippen MR) is 57.7 cm³/mol. The van der Waals surface area contributed by atoms with Gasteiger partial charge in [0.25, 0.3) is 0 Å². The molecule has 0 saturated heterocycles. The summed E-state index contributed by atoms with van der Waals surface area (Å²) < 4.78 is 14.4. The molecule has 5 heteroatoms. The zero-order valence-electron chi connectivity index (χ0n) is 8.61. The monoisotopic (exact) mass is 216 g/mol. The van der Waals surface area contributed by atoms with Crippen molar-refractivity contribution in [3.8, 4) is 17.5 Å². The van der Waals surface area contributed by atoms with Crippen molar-refractivity contribution in [3.05, 3.63) is 35.8 Å². The molecule has 2 rings (SSSR count). The molecule has 0 radical (unpaired) electrons. The van der Waals surface area contributed by atoms with E-state index in [9.17, 15) is 4.39 Å². The van der Waals surface area contributed by atoms with E-state index in [1.807, 2.05) is 6.07 Å². The van der Waals surface area contributed by atoms with Gasteiger partial charge in [0.2, 0.25) is 0 Å². The van der Waals surface area contributed by atoms with Gasteiger partial charge in [0.15, 0.2) is 5.69 Å². The molecule has 2 aromatic rings. The van der Waals surface area contributed by atoms with Gasteiger partial charge in [-0.2, -0.15) is 5.26 Å². The number of aromatic nitrogens is 2. The minimum absolute atomic E-state index is 0.182. The maximum absolute atomic E-state index is 12.7. The van der Waals surface area contributed by atoms with Crippen molar-refractivity contribution in [2.75, 3.05) is 5.73 Å². The molecule has 0 bridgehead atoms. The first-order valence-electron chi connectivity index (χ1n) is 4.61. The molecule has 0 aliphatic carbocycles. The molecule has 0 amide bonds. The van der Waals surface area contributed by atoms with Gasteiger partial charge in [-0.15, -0.1) is 0 Å². The highest BCUT2D eigenvalue weighted by atomic mass is 19.1. The number of halogens is 1. The second kappa shape index (κ2) is 3.66. The van der Waals surface area contributed by atoms with E-state index in [-0.39, 0.29) is 11.5 Å². The van der Waals surface area contributed by atoms with Crippen LogP contribution in [0, 0.1) is 17.1 Å². The Kier molecular flexibility index (Phi) is 2.33. The fourth-order valence-electron chi connectivity index (χ4n) is 1.45. The lowest BCUT2D eigenvalue weighted by molar-refractivity contribution is 0.628. The van der Waals surface area contributed by atoms with E-state index in [0.717, 1.165) is 5.56 Å². The first-order valence-corrected chi connectivity index (χ1v) is 4.61. The second-order valence-corrected chi connectivity index (χ2v) is 3.35. The quantitative estimate of drug-likeness (QED) is 0.788. The highest BCUT2D eigenvalue weighted by Gasteiger charge is 2.12. The summed E-state index contributed by atoms with van der Waals surface area (Å²) >= 11 is 0. The fourth-order valence-corrected chi connectivity index (χ4v) is 1.45. The number of nitriles is 1. The molecule has 0 aliphatic rings. The Labute approximate surface area is 91.8 Å². The number of nitrogen functional groups attached to an aromatic ring is 1. The molecule has 16 heavy (non-hydrogen) atoms. The summed E-state index contributed by atoms with van der Waals surface area (Å²) in [5.74, 6) is 0.544. The van der Waals surface area contributed by atoms with Crippen molar-refractivity contribution in [1.29, 1.82) is 5.26 Å². The lowest BCUT2D eigenvalue weighted by atomic mass is 10.2. The van der Waals surface area contributed by atoms with Gasteiger partial charge in [-0.1, -0.05) is 0 Å². The molecule has 1 aromatic heterocycles. The number of hydrogen-bond acceptors (Lipinski definition) is 3. The molecular weight excluding hydrogens is 207 g/mol. The van der Waals surface area contributed by atoms with E-state index >= 15 is 0 Å². The lowest BCUT2D eigenvalue weighted by Gasteiger charge is -2.02.